The third-order valence-electron chi connectivity index (χ3n) is 4.24. The van der Waals surface area contributed by atoms with Gasteiger partial charge in [0.25, 0.3) is 0 Å². The fourth-order valence-corrected chi connectivity index (χ4v) is 3.26. The summed E-state index contributed by atoms with van der Waals surface area (Å²) in [6, 6.07) is 1.16. The number of hydrogen-bond acceptors (Lipinski definition) is 3. The molecule has 1 heterocycles. The molecule has 3 N–H and O–H groups in total. The summed E-state index contributed by atoms with van der Waals surface area (Å²) in [4.78, 5) is 14.3. The van der Waals surface area contributed by atoms with Gasteiger partial charge in [-0.1, -0.05) is 12.8 Å². The van der Waals surface area contributed by atoms with E-state index >= 15 is 0 Å². The number of likely N-dealkylation sites (tertiary alicyclic amines) is 1. The largest absolute Gasteiger partial charge is 0.353 e. The molecular formula is C14H29Cl2N3O. The van der Waals surface area contributed by atoms with Crippen LogP contribution in [-0.2, 0) is 4.79 Å². The number of nitrogens with zero attached hydrogens (tertiary/aromatic N) is 1. The van der Waals surface area contributed by atoms with Gasteiger partial charge in [-0.3, -0.25) is 4.79 Å². The van der Waals surface area contributed by atoms with E-state index in [2.05, 4.69) is 10.2 Å². The number of carbonyl (C=O) groups is 1. The van der Waals surface area contributed by atoms with Crippen LogP contribution >= 0.6 is 24.8 Å². The lowest BCUT2D eigenvalue weighted by atomic mass is 10.0. The van der Waals surface area contributed by atoms with Crippen LogP contribution in [0.5, 0.6) is 0 Å². The van der Waals surface area contributed by atoms with Crippen molar-refractivity contribution in [3.05, 3.63) is 0 Å². The van der Waals surface area contributed by atoms with Crippen molar-refractivity contribution in [1.82, 2.24) is 10.2 Å². The van der Waals surface area contributed by atoms with E-state index in [1.165, 1.54) is 25.7 Å². The molecule has 1 saturated heterocycles. The smallest absolute Gasteiger partial charge is 0.221 e. The molecule has 0 aromatic rings. The number of piperidine rings is 1. The summed E-state index contributed by atoms with van der Waals surface area (Å²) in [5, 5.41) is 3.12. The van der Waals surface area contributed by atoms with Crippen LogP contribution in [0.25, 0.3) is 0 Å². The molecule has 0 aromatic heterocycles. The second kappa shape index (κ2) is 9.82. The quantitative estimate of drug-likeness (QED) is 0.832. The van der Waals surface area contributed by atoms with Crippen molar-refractivity contribution in [2.24, 2.45) is 5.73 Å². The third kappa shape index (κ3) is 6.17. The summed E-state index contributed by atoms with van der Waals surface area (Å²) in [6.45, 7) is 4.17. The average Bonchev–Trinajstić information content (AvgIpc) is 2.82. The van der Waals surface area contributed by atoms with Crippen molar-refractivity contribution in [3.63, 3.8) is 0 Å². The minimum absolute atomic E-state index is 0. The van der Waals surface area contributed by atoms with Gasteiger partial charge in [-0.2, -0.15) is 0 Å². The van der Waals surface area contributed by atoms with Crippen LogP contribution in [-0.4, -0.2) is 42.0 Å². The van der Waals surface area contributed by atoms with E-state index in [4.69, 9.17) is 5.73 Å². The molecule has 20 heavy (non-hydrogen) atoms. The zero-order valence-corrected chi connectivity index (χ0v) is 14.0. The maximum atomic E-state index is 11.7. The van der Waals surface area contributed by atoms with Gasteiger partial charge in [0, 0.05) is 37.6 Å². The zero-order chi connectivity index (χ0) is 13.0. The van der Waals surface area contributed by atoms with E-state index in [0.29, 0.717) is 12.5 Å². The fourth-order valence-electron chi connectivity index (χ4n) is 3.26. The Morgan fingerprint density at radius 2 is 1.75 bits per heavy atom. The van der Waals surface area contributed by atoms with Gasteiger partial charge in [-0.25, -0.2) is 0 Å². The lowest BCUT2D eigenvalue weighted by Crippen LogP contribution is -2.47. The highest BCUT2D eigenvalue weighted by Crippen LogP contribution is 2.26. The summed E-state index contributed by atoms with van der Waals surface area (Å²) in [6.07, 6.45) is 8.19. The van der Waals surface area contributed by atoms with Crippen molar-refractivity contribution in [2.45, 2.75) is 70.0 Å². The first kappa shape index (κ1) is 20.0. The van der Waals surface area contributed by atoms with E-state index < -0.39 is 0 Å². The Kier molecular flexibility index (Phi) is 9.81. The van der Waals surface area contributed by atoms with Gasteiger partial charge in [-0.15, -0.1) is 24.8 Å². The van der Waals surface area contributed by atoms with Gasteiger partial charge in [-0.05, 0) is 32.6 Å². The number of rotatable bonds is 4. The van der Waals surface area contributed by atoms with E-state index in [0.717, 1.165) is 32.0 Å². The highest BCUT2D eigenvalue weighted by Gasteiger charge is 2.27. The van der Waals surface area contributed by atoms with E-state index in [1.807, 2.05) is 6.92 Å². The number of nitrogens with one attached hydrogen (secondary N) is 1. The molecule has 4 nitrogen and oxygen atoms in total. The van der Waals surface area contributed by atoms with Crippen LogP contribution in [0.3, 0.4) is 0 Å². The average molecular weight is 326 g/mol. The molecule has 1 unspecified atom stereocenters. The highest BCUT2D eigenvalue weighted by atomic mass is 35.5. The Balaban J connectivity index is 0.00000180. The van der Waals surface area contributed by atoms with Crippen LogP contribution in [0.2, 0.25) is 0 Å². The SMILES string of the molecule is CC(N)CC(=O)NC1CCN(C2CCCC2)CC1.Cl.Cl. The standard InChI is InChI=1S/C14H27N3O.2ClH/c1-11(15)10-14(18)16-12-6-8-17(9-7-12)13-4-2-3-5-13;;/h11-13H,2-10,15H2,1H3,(H,16,18);2*1H. The minimum atomic E-state index is -0.0384. The molecule has 2 rings (SSSR count). The maximum Gasteiger partial charge on any atom is 0.221 e. The van der Waals surface area contributed by atoms with Crippen molar-refractivity contribution in [1.29, 1.82) is 0 Å². The van der Waals surface area contributed by atoms with Gasteiger partial charge in [0.1, 0.15) is 0 Å². The van der Waals surface area contributed by atoms with Gasteiger partial charge >= 0.3 is 0 Å². The monoisotopic (exact) mass is 325 g/mol. The molecule has 1 saturated carbocycles. The third-order valence-corrected chi connectivity index (χ3v) is 4.24. The Morgan fingerprint density at radius 3 is 2.25 bits per heavy atom. The van der Waals surface area contributed by atoms with E-state index in [-0.39, 0.29) is 36.8 Å². The highest BCUT2D eigenvalue weighted by molar-refractivity contribution is 5.85. The molecule has 0 aromatic carbocycles. The normalized spacial score (nSPS) is 22.7. The van der Waals surface area contributed by atoms with E-state index in [9.17, 15) is 4.79 Å². The molecule has 1 amide bonds. The van der Waals surface area contributed by atoms with Crippen LogP contribution < -0.4 is 11.1 Å². The lowest BCUT2D eigenvalue weighted by Gasteiger charge is -2.36. The van der Waals surface area contributed by atoms with Crippen molar-refractivity contribution in [3.8, 4) is 0 Å². The first-order valence-corrected chi connectivity index (χ1v) is 7.44. The fraction of sp³-hybridized carbons (Fsp3) is 0.929. The minimum Gasteiger partial charge on any atom is -0.353 e. The molecule has 0 radical (unpaired) electrons. The predicted octanol–water partition coefficient (Wildman–Crippen LogP) is 2.09. The number of halogens is 2. The summed E-state index contributed by atoms with van der Waals surface area (Å²) in [5.41, 5.74) is 5.63. The van der Waals surface area contributed by atoms with Crippen LogP contribution in [0, 0.1) is 0 Å². The maximum absolute atomic E-state index is 11.7. The Hall–Kier alpha value is -0.0300. The molecular weight excluding hydrogens is 297 g/mol. The van der Waals surface area contributed by atoms with Crippen LogP contribution in [0.1, 0.15) is 51.9 Å². The molecule has 120 valence electrons. The summed E-state index contributed by atoms with van der Waals surface area (Å²) in [7, 11) is 0. The Morgan fingerprint density at radius 1 is 1.20 bits per heavy atom. The second-order valence-electron chi connectivity index (χ2n) is 6.00. The number of amides is 1. The van der Waals surface area contributed by atoms with E-state index in [1.54, 1.807) is 0 Å². The molecule has 6 heteroatoms. The van der Waals surface area contributed by atoms with Crippen LogP contribution in [0.15, 0.2) is 0 Å². The topological polar surface area (TPSA) is 58.4 Å². The number of carbonyl (C=O) groups excluding carboxylic acids is 1. The molecule has 2 aliphatic rings. The van der Waals surface area contributed by atoms with Gasteiger partial charge in [0.05, 0.1) is 0 Å². The Labute approximate surface area is 135 Å². The summed E-state index contributed by atoms with van der Waals surface area (Å²) in [5.74, 6) is 0.115. The zero-order valence-electron chi connectivity index (χ0n) is 12.3. The van der Waals surface area contributed by atoms with Crippen molar-refractivity contribution < 1.29 is 4.79 Å². The molecule has 1 aliphatic carbocycles. The first-order valence-electron chi connectivity index (χ1n) is 7.44. The number of hydrogen-bond donors (Lipinski definition) is 2. The summed E-state index contributed by atoms with van der Waals surface area (Å²) >= 11 is 0. The second-order valence-corrected chi connectivity index (χ2v) is 6.00. The first-order chi connectivity index (χ1) is 8.65. The van der Waals surface area contributed by atoms with Crippen molar-refractivity contribution in [2.75, 3.05) is 13.1 Å². The molecule has 1 aliphatic heterocycles. The van der Waals surface area contributed by atoms with Gasteiger partial charge < -0.3 is 16.0 Å². The van der Waals surface area contributed by atoms with Gasteiger partial charge in [0.15, 0.2) is 0 Å². The van der Waals surface area contributed by atoms with Crippen LogP contribution in [0.4, 0.5) is 0 Å². The van der Waals surface area contributed by atoms with Gasteiger partial charge in [0.2, 0.25) is 5.91 Å². The number of nitrogens with two attached hydrogens (primary N) is 1. The molecule has 0 spiro atoms. The van der Waals surface area contributed by atoms with Crippen molar-refractivity contribution >= 4 is 30.7 Å². The molecule has 2 fully saturated rings. The predicted molar refractivity (Wildman–Crippen MR) is 87.8 cm³/mol. The Bertz CT molecular complexity index is 276. The lowest BCUT2D eigenvalue weighted by molar-refractivity contribution is -0.122. The molecule has 0 bridgehead atoms. The summed E-state index contributed by atoms with van der Waals surface area (Å²) < 4.78 is 0. The molecule has 1 atom stereocenters.